The number of carbonyl (C=O) groups is 2. The number of aromatic nitrogens is 2. The van der Waals surface area contributed by atoms with Crippen molar-refractivity contribution in [2.75, 3.05) is 20.8 Å². The Morgan fingerprint density at radius 1 is 1.16 bits per heavy atom. The molecule has 0 bridgehead atoms. The van der Waals surface area contributed by atoms with Crippen molar-refractivity contribution in [3.05, 3.63) is 69.6 Å². The summed E-state index contributed by atoms with van der Waals surface area (Å²) in [6, 6.07) is 12.2. The van der Waals surface area contributed by atoms with Gasteiger partial charge in [-0.1, -0.05) is 12.1 Å². The van der Waals surface area contributed by atoms with E-state index in [1.54, 1.807) is 43.8 Å². The first-order valence-corrected chi connectivity index (χ1v) is 9.89. The molecule has 0 fully saturated rings. The summed E-state index contributed by atoms with van der Waals surface area (Å²) < 4.78 is 12.0. The second-order valence-electron chi connectivity index (χ2n) is 7.13. The van der Waals surface area contributed by atoms with Crippen LogP contribution >= 0.6 is 0 Å². The maximum Gasteiger partial charge on any atom is 0.338 e. The van der Waals surface area contributed by atoms with E-state index in [4.69, 9.17) is 9.47 Å². The maximum atomic E-state index is 12.5. The van der Waals surface area contributed by atoms with E-state index in [1.807, 2.05) is 31.2 Å². The summed E-state index contributed by atoms with van der Waals surface area (Å²) in [5.41, 5.74) is 2.53. The summed E-state index contributed by atoms with van der Waals surface area (Å²) in [5, 5.41) is 0. The molecule has 162 valence electrons. The molecule has 0 atom stereocenters. The van der Waals surface area contributed by atoms with Crippen LogP contribution in [0.15, 0.2) is 47.3 Å². The number of methoxy groups -OCH3 is 1. The number of esters is 1. The highest BCUT2D eigenvalue weighted by atomic mass is 16.5. The van der Waals surface area contributed by atoms with Crippen LogP contribution in [0.4, 0.5) is 0 Å². The van der Waals surface area contributed by atoms with Crippen molar-refractivity contribution in [1.29, 1.82) is 0 Å². The van der Waals surface area contributed by atoms with Crippen molar-refractivity contribution in [1.82, 2.24) is 14.5 Å². The molecule has 0 aliphatic carbocycles. The molecule has 3 rings (SSSR count). The number of carbonyl (C=O) groups excluding carboxylic acids is 2. The largest absolute Gasteiger partial charge is 0.497 e. The molecule has 31 heavy (non-hydrogen) atoms. The Labute approximate surface area is 180 Å². The molecule has 0 saturated carbocycles. The Morgan fingerprint density at radius 3 is 2.65 bits per heavy atom. The minimum absolute atomic E-state index is 0.157. The molecule has 0 N–H and O–H groups in total. The van der Waals surface area contributed by atoms with E-state index in [0.717, 1.165) is 5.56 Å². The zero-order chi connectivity index (χ0) is 22.5. The van der Waals surface area contributed by atoms with E-state index >= 15 is 0 Å². The van der Waals surface area contributed by atoms with Gasteiger partial charge in [-0.2, -0.15) is 0 Å². The SMILES string of the molecule is CCn1c(=O)c(C)nc2cc(C(=O)OCC(=O)N(C)Cc3cccc(OC)c3)ccc21. The molecule has 0 unspecified atom stereocenters. The van der Waals surface area contributed by atoms with Crippen molar-refractivity contribution < 1.29 is 19.1 Å². The molecule has 3 aromatic rings. The van der Waals surface area contributed by atoms with Gasteiger partial charge in [-0.3, -0.25) is 9.59 Å². The second-order valence-corrected chi connectivity index (χ2v) is 7.13. The normalized spacial score (nSPS) is 10.7. The number of rotatable bonds is 7. The molecule has 0 spiro atoms. The van der Waals surface area contributed by atoms with Crippen molar-refractivity contribution in [3.63, 3.8) is 0 Å². The fraction of sp³-hybridized carbons (Fsp3) is 0.304. The number of nitrogens with zero attached hydrogens (tertiary/aromatic N) is 3. The molecule has 8 heteroatoms. The van der Waals surface area contributed by atoms with Crippen LogP contribution in [0, 0.1) is 6.92 Å². The Balaban J connectivity index is 1.67. The van der Waals surface area contributed by atoms with Gasteiger partial charge >= 0.3 is 5.97 Å². The fourth-order valence-electron chi connectivity index (χ4n) is 3.27. The van der Waals surface area contributed by atoms with Crippen LogP contribution in [0.1, 0.15) is 28.5 Å². The molecule has 0 aliphatic rings. The van der Waals surface area contributed by atoms with Crippen LogP contribution < -0.4 is 10.3 Å². The highest BCUT2D eigenvalue weighted by Crippen LogP contribution is 2.16. The van der Waals surface area contributed by atoms with Crippen LogP contribution in [-0.4, -0.2) is 47.1 Å². The number of hydrogen-bond donors (Lipinski definition) is 0. The minimum atomic E-state index is -0.626. The van der Waals surface area contributed by atoms with Crippen molar-refractivity contribution >= 4 is 22.9 Å². The molecule has 0 aliphatic heterocycles. The van der Waals surface area contributed by atoms with Gasteiger partial charge in [0.05, 0.1) is 23.7 Å². The first-order valence-electron chi connectivity index (χ1n) is 9.89. The van der Waals surface area contributed by atoms with Crippen molar-refractivity contribution in [2.24, 2.45) is 0 Å². The molecule has 1 heterocycles. The smallest absolute Gasteiger partial charge is 0.338 e. The number of likely N-dealkylation sites (N-methyl/N-ethyl adjacent to an activating group) is 1. The van der Waals surface area contributed by atoms with Gasteiger partial charge in [0, 0.05) is 20.1 Å². The Hall–Kier alpha value is -3.68. The van der Waals surface area contributed by atoms with E-state index < -0.39 is 5.97 Å². The molecule has 1 aromatic heterocycles. The van der Waals surface area contributed by atoms with E-state index in [-0.39, 0.29) is 23.6 Å². The van der Waals surface area contributed by atoms with Gasteiger partial charge in [0.25, 0.3) is 11.5 Å². The zero-order valence-electron chi connectivity index (χ0n) is 18.0. The lowest BCUT2D eigenvalue weighted by Crippen LogP contribution is -2.30. The summed E-state index contributed by atoms with van der Waals surface area (Å²) in [7, 11) is 3.22. The Morgan fingerprint density at radius 2 is 1.94 bits per heavy atom. The van der Waals surface area contributed by atoms with E-state index in [9.17, 15) is 14.4 Å². The van der Waals surface area contributed by atoms with Crippen molar-refractivity contribution in [3.8, 4) is 5.75 Å². The molecule has 8 nitrogen and oxygen atoms in total. The number of ether oxygens (including phenoxy) is 2. The molecular formula is C23H25N3O5. The Bertz CT molecular complexity index is 1190. The van der Waals surface area contributed by atoms with Gasteiger partial charge in [0.15, 0.2) is 6.61 Å². The summed E-state index contributed by atoms with van der Waals surface area (Å²) >= 11 is 0. The average molecular weight is 423 g/mol. The third-order valence-electron chi connectivity index (χ3n) is 4.97. The third-order valence-corrected chi connectivity index (χ3v) is 4.97. The number of benzene rings is 2. The third kappa shape index (κ3) is 4.91. The lowest BCUT2D eigenvalue weighted by Gasteiger charge is -2.17. The maximum absolute atomic E-state index is 12.5. The lowest BCUT2D eigenvalue weighted by molar-refractivity contribution is -0.133. The second kappa shape index (κ2) is 9.42. The monoisotopic (exact) mass is 423 g/mol. The van der Waals surface area contributed by atoms with E-state index in [1.165, 1.54) is 4.90 Å². The number of hydrogen-bond acceptors (Lipinski definition) is 6. The predicted molar refractivity (Wildman–Crippen MR) is 116 cm³/mol. The van der Waals surface area contributed by atoms with Gasteiger partial charge in [0.2, 0.25) is 0 Å². The molecular weight excluding hydrogens is 398 g/mol. The van der Waals surface area contributed by atoms with Gasteiger partial charge in [-0.15, -0.1) is 0 Å². The number of fused-ring (bicyclic) bond motifs is 1. The van der Waals surface area contributed by atoms with Crippen LogP contribution in [0.3, 0.4) is 0 Å². The first kappa shape index (κ1) is 22.0. The molecule has 0 saturated heterocycles. The highest BCUT2D eigenvalue weighted by Gasteiger charge is 2.16. The van der Waals surface area contributed by atoms with Gasteiger partial charge in [-0.25, -0.2) is 9.78 Å². The summed E-state index contributed by atoms with van der Waals surface area (Å²) in [6.45, 7) is 3.99. The summed E-state index contributed by atoms with van der Waals surface area (Å²) in [4.78, 5) is 42.8. The van der Waals surface area contributed by atoms with Crippen LogP contribution in [0.5, 0.6) is 5.75 Å². The topological polar surface area (TPSA) is 90.7 Å². The van der Waals surface area contributed by atoms with E-state index in [2.05, 4.69) is 4.98 Å². The van der Waals surface area contributed by atoms with Crippen LogP contribution in [-0.2, 0) is 22.6 Å². The number of aryl methyl sites for hydroxylation is 2. The van der Waals surface area contributed by atoms with Gasteiger partial charge in [0.1, 0.15) is 11.4 Å². The van der Waals surface area contributed by atoms with Crippen LogP contribution in [0.2, 0.25) is 0 Å². The molecule has 1 amide bonds. The predicted octanol–water partition coefficient (Wildman–Crippen LogP) is 2.55. The standard InChI is InChI=1S/C23H25N3O5/c1-5-26-20-10-9-17(12-19(20)24-15(2)22(26)28)23(29)31-14-21(27)25(3)13-16-7-6-8-18(11-16)30-4/h6-12H,5,13-14H2,1-4H3. The Kier molecular flexibility index (Phi) is 6.69. The fourth-order valence-corrected chi connectivity index (χ4v) is 3.27. The van der Waals surface area contributed by atoms with E-state index in [0.29, 0.717) is 35.6 Å². The van der Waals surface area contributed by atoms with Gasteiger partial charge < -0.3 is 18.9 Å². The first-order chi connectivity index (χ1) is 14.8. The number of amides is 1. The summed E-state index contributed by atoms with van der Waals surface area (Å²) in [6.07, 6.45) is 0. The van der Waals surface area contributed by atoms with Crippen LogP contribution in [0.25, 0.3) is 11.0 Å². The van der Waals surface area contributed by atoms with Crippen molar-refractivity contribution in [2.45, 2.75) is 26.9 Å². The quantitative estimate of drug-likeness (QED) is 0.543. The minimum Gasteiger partial charge on any atom is -0.497 e. The molecule has 2 aromatic carbocycles. The van der Waals surface area contributed by atoms with Gasteiger partial charge in [-0.05, 0) is 49.7 Å². The lowest BCUT2D eigenvalue weighted by atomic mass is 10.2. The average Bonchev–Trinajstić information content (AvgIpc) is 2.77. The summed E-state index contributed by atoms with van der Waals surface area (Å²) in [5.74, 6) is -0.247. The zero-order valence-corrected chi connectivity index (χ0v) is 18.0. The molecule has 0 radical (unpaired) electrons. The highest BCUT2D eigenvalue weighted by molar-refractivity contribution is 5.94.